The van der Waals surface area contributed by atoms with Gasteiger partial charge in [0, 0.05) is 10.0 Å². The minimum absolute atomic E-state index is 0.246. The maximum Gasteiger partial charge on any atom is 0.363 e. The predicted octanol–water partition coefficient (Wildman–Crippen LogP) is 3.80. The van der Waals surface area contributed by atoms with E-state index in [1.54, 1.807) is 13.2 Å². The van der Waals surface area contributed by atoms with Crippen molar-refractivity contribution < 1.29 is 14.3 Å². The second-order valence-corrected chi connectivity index (χ2v) is 5.41. The molecule has 0 radical (unpaired) electrons. The first kappa shape index (κ1) is 14.5. The van der Waals surface area contributed by atoms with Crippen LogP contribution in [0.25, 0.3) is 6.08 Å². The number of carbonyl (C=O) groups excluding carboxylic acids is 1. The Morgan fingerprint density at radius 1 is 1.14 bits per heavy atom. The van der Waals surface area contributed by atoms with Crippen molar-refractivity contribution >= 4 is 33.9 Å². The van der Waals surface area contributed by atoms with E-state index in [1.807, 2.05) is 48.5 Å². The molecule has 0 spiro atoms. The number of para-hydroxylation sites is 1. The van der Waals surface area contributed by atoms with Gasteiger partial charge in [-0.2, -0.15) is 0 Å². The van der Waals surface area contributed by atoms with Crippen LogP contribution in [-0.4, -0.2) is 19.0 Å². The van der Waals surface area contributed by atoms with Gasteiger partial charge in [0.05, 0.1) is 12.7 Å². The van der Waals surface area contributed by atoms with Crippen LogP contribution < -0.4 is 4.74 Å². The normalized spacial score (nSPS) is 15.6. The fourth-order valence-electron chi connectivity index (χ4n) is 2.09. The topological polar surface area (TPSA) is 47.9 Å². The van der Waals surface area contributed by atoms with Crippen LogP contribution >= 0.6 is 15.9 Å². The third-order valence-electron chi connectivity index (χ3n) is 3.16. The van der Waals surface area contributed by atoms with Crippen molar-refractivity contribution in [2.24, 2.45) is 4.99 Å². The van der Waals surface area contributed by atoms with Crippen molar-refractivity contribution in [1.82, 2.24) is 0 Å². The lowest BCUT2D eigenvalue weighted by Gasteiger charge is -2.03. The van der Waals surface area contributed by atoms with Gasteiger partial charge in [0.15, 0.2) is 5.70 Å². The molecular formula is C17H12BrNO3. The number of halogens is 1. The van der Waals surface area contributed by atoms with Gasteiger partial charge in [-0.15, -0.1) is 0 Å². The standard InChI is InChI=1S/C17H12BrNO3/c1-21-15-9-5-2-6-11(15)10-14-17(20)22-16(19-14)12-7-3-4-8-13(12)18/h2-10H,1H3/b14-10+. The molecule has 3 rings (SSSR count). The number of cyclic esters (lactones) is 1. The number of hydrogen-bond acceptors (Lipinski definition) is 4. The molecule has 0 saturated heterocycles. The Morgan fingerprint density at radius 2 is 1.86 bits per heavy atom. The highest BCUT2D eigenvalue weighted by molar-refractivity contribution is 9.10. The molecule has 1 aliphatic heterocycles. The Kier molecular flexibility index (Phi) is 4.06. The molecule has 0 bridgehead atoms. The SMILES string of the molecule is COc1ccccc1/C=C1/N=C(c2ccccc2Br)OC1=O. The molecule has 0 atom stereocenters. The van der Waals surface area contributed by atoms with Gasteiger partial charge in [-0.1, -0.05) is 30.3 Å². The summed E-state index contributed by atoms with van der Waals surface area (Å²) in [7, 11) is 1.58. The second-order valence-electron chi connectivity index (χ2n) is 4.56. The largest absolute Gasteiger partial charge is 0.496 e. The Balaban J connectivity index is 2.00. The molecule has 5 heteroatoms. The lowest BCUT2D eigenvalue weighted by atomic mass is 10.1. The molecule has 0 aliphatic carbocycles. The number of hydrogen-bond donors (Lipinski definition) is 0. The third-order valence-corrected chi connectivity index (χ3v) is 3.85. The first-order chi connectivity index (χ1) is 10.7. The number of nitrogens with zero attached hydrogens (tertiary/aromatic N) is 1. The van der Waals surface area contributed by atoms with Crippen LogP contribution in [0.1, 0.15) is 11.1 Å². The highest BCUT2D eigenvalue weighted by Gasteiger charge is 2.25. The molecule has 0 fully saturated rings. The summed E-state index contributed by atoms with van der Waals surface area (Å²) in [5.74, 6) is 0.489. The number of carbonyl (C=O) groups is 1. The first-order valence-electron chi connectivity index (χ1n) is 6.59. The van der Waals surface area contributed by atoms with Crippen LogP contribution in [0.15, 0.2) is 63.7 Å². The van der Waals surface area contributed by atoms with Crippen LogP contribution in [0.2, 0.25) is 0 Å². The van der Waals surface area contributed by atoms with Gasteiger partial charge >= 0.3 is 5.97 Å². The number of aliphatic imine (C=N–C) groups is 1. The summed E-state index contributed by atoms with van der Waals surface area (Å²) < 4.78 is 11.3. The summed E-state index contributed by atoms with van der Waals surface area (Å²) in [6.45, 7) is 0. The summed E-state index contributed by atoms with van der Waals surface area (Å²) in [6, 6.07) is 14.9. The zero-order valence-corrected chi connectivity index (χ0v) is 13.3. The molecule has 4 nitrogen and oxygen atoms in total. The third kappa shape index (κ3) is 2.80. The summed E-state index contributed by atoms with van der Waals surface area (Å²) >= 11 is 3.42. The van der Waals surface area contributed by atoms with Gasteiger partial charge in [-0.05, 0) is 40.2 Å². The fraction of sp³-hybridized carbons (Fsp3) is 0.0588. The summed E-state index contributed by atoms with van der Waals surface area (Å²) in [6.07, 6.45) is 1.66. The van der Waals surface area contributed by atoms with Crippen molar-refractivity contribution in [2.75, 3.05) is 7.11 Å². The van der Waals surface area contributed by atoms with Crippen molar-refractivity contribution in [2.45, 2.75) is 0 Å². The number of methoxy groups -OCH3 is 1. The molecule has 0 aromatic heterocycles. The van der Waals surface area contributed by atoms with E-state index in [4.69, 9.17) is 9.47 Å². The van der Waals surface area contributed by atoms with E-state index in [-0.39, 0.29) is 5.70 Å². The van der Waals surface area contributed by atoms with Crippen molar-refractivity contribution in [1.29, 1.82) is 0 Å². The first-order valence-corrected chi connectivity index (χ1v) is 7.39. The number of ether oxygens (including phenoxy) is 2. The van der Waals surface area contributed by atoms with Gasteiger partial charge < -0.3 is 9.47 Å². The fourth-order valence-corrected chi connectivity index (χ4v) is 2.55. The predicted molar refractivity (Wildman–Crippen MR) is 87.7 cm³/mol. The highest BCUT2D eigenvalue weighted by atomic mass is 79.9. The minimum Gasteiger partial charge on any atom is -0.496 e. The average molecular weight is 358 g/mol. The molecule has 22 heavy (non-hydrogen) atoms. The molecule has 0 amide bonds. The summed E-state index contributed by atoms with van der Waals surface area (Å²) in [5, 5.41) is 0. The van der Waals surface area contributed by atoms with E-state index in [1.165, 1.54) is 0 Å². The van der Waals surface area contributed by atoms with Gasteiger partial charge in [-0.3, -0.25) is 0 Å². The van der Waals surface area contributed by atoms with E-state index >= 15 is 0 Å². The van der Waals surface area contributed by atoms with Crippen LogP contribution in [0.3, 0.4) is 0 Å². The lowest BCUT2D eigenvalue weighted by Crippen LogP contribution is -2.05. The zero-order valence-electron chi connectivity index (χ0n) is 11.7. The Hall–Kier alpha value is -2.40. The van der Waals surface area contributed by atoms with Gasteiger partial charge in [0.2, 0.25) is 5.90 Å². The number of rotatable bonds is 3. The number of benzene rings is 2. The van der Waals surface area contributed by atoms with E-state index in [2.05, 4.69) is 20.9 Å². The second kappa shape index (κ2) is 6.15. The maximum atomic E-state index is 12.0. The van der Waals surface area contributed by atoms with E-state index < -0.39 is 5.97 Å². The van der Waals surface area contributed by atoms with Crippen LogP contribution in [0.5, 0.6) is 5.75 Å². The van der Waals surface area contributed by atoms with Crippen LogP contribution in [0, 0.1) is 0 Å². The molecule has 110 valence electrons. The average Bonchev–Trinajstić information content (AvgIpc) is 2.89. The van der Waals surface area contributed by atoms with E-state index in [0.717, 1.165) is 15.6 Å². The van der Waals surface area contributed by atoms with Crippen LogP contribution in [-0.2, 0) is 9.53 Å². The van der Waals surface area contributed by atoms with Gasteiger partial charge in [0.1, 0.15) is 5.75 Å². The molecule has 1 aliphatic rings. The molecule has 0 N–H and O–H groups in total. The molecule has 0 saturated carbocycles. The quantitative estimate of drug-likeness (QED) is 0.619. The number of esters is 1. The monoisotopic (exact) mass is 357 g/mol. The molecular weight excluding hydrogens is 346 g/mol. The van der Waals surface area contributed by atoms with E-state index in [9.17, 15) is 4.79 Å². The van der Waals surface area contributed by atoms with Crippen molar-refractivity contribution in [3.05, 3.63) is 69.8 Å². The molecule has 0 unspecified atom stereocenters. The Labute approximate surface area is 136 Å². The van der Waals surface area contributed by atoms with E-state index in [0.29, 0.717) is 11.6 Å². The Bertz CT molecular complexity index is 796. The highest BCUT2D eigenvalue weighted by Crippen LogP contribution is 2.26. The van der Waals surface area contributed by atoms with Crippen molar-refractivity contribution in [3.63, 3.8) is 0 Å². The molecule has 1 heterocycles. The smallest absolute Gasteiger partial charge is 0.363 e. The Morgan fingerprint density at radius 3 is 2.64 bits per heavy atom. The lowest BCUT2D eigenvalue weighted by molar-refractivity contribution is -0.129. The van der Waals surface area contributed by atoms with Crippen molar-refractivity contribution in [3.8, 4) is 5.75 Å². The van der Waals surface area contributed by atoms with Crippen LogP contribution in [0.4, 0.5) is 0 Å². The van der Waals surface area contributed by atoms with Gasteiger partial charge in [-0.25, -0.2) is 9.79 Å². The zero-order chi connectivity index (χ0) is 15.5. The summed E-state index contributed by atoms with van der Waals surface area (Å²) in [5.41, 5.74) is 1.75. The minimum atomic E-state index is -0.475. The molecule has 2 aromatic rings. The van der Waals surface area contributed by atoms with Gasteiger partial charge in [0.25, 0.3) is 0 Å². The molecule has 2 aromatic carbocycles. The maximum absolute atomic E-state index is 12.0. The summed E-state index contributed by atoms with van der Waals surface area (Å²) in [4.78, 5) is 16.3.